The highest BCUT2D eigenvalue weighted by Gasteiger charge is 2.42. The van der Waals surface area contributed by atoms with E-state index in [0.717, 1.165) is 36.8 Å². The Morgan fingerprint density at radius 2 is 1.58 bits per heavy atom. The summed E-state index contributed by atoms with van der Waals surface area (Å²) in [5.41, 5.74) is 2.04. The van der Waals surface area contributed by atoms with E-state index in [4.69, 9.17) is 5.11 Å². The van der Waals surface area contributed by atoms with Crippen molar-refractivity contribution >= 4 is 17.6 Å². The van der Waals surface area contributed by atoms with Gasteiger partial charge in [-0.25, -0.2) is 0 Å². The quantitative estimate of drug-likeness (QED) is 0.880. The Morgan fingerprint density at radius 3 is 2.17 bits per heavy atom. The molecule has 0 aliphatic heterocycles. The topological polar surface area (TPSA) is 66.4 Å². The van der Waals surface area contributed by atoms with E-state index in [1.54, 1.807) is 24.3 Å². The molecule has 1 amide bonds. The first-order valence-corrected chi connectivity index (χ1v) is 8.28. The second-order valence-electron chi connectivity index (χ2n) is 6.38. The molecule has 124 valence electrons. The summed E-state index contributed by atoms with van der Waals surface area (Å²) in [4.78, 5) is 23.7. The second-order valence-corrected chi connectivity index (χ2v) is 6.38. The van der Waals surface area contributed by atoms with Crippen molar-refractivity contribution in [1.82, 2.24) is 0 Å². The molecule has 0 unspecified atom stereocenters. The van der Waals surface area contributed by atoms with Crippen LogP contribution in [0.15, 0.2) is 54.6 Å². The van der Waals surface area contributed by atoms with Crippen LogP contribution in [0.2, 0.25) is 0 Å². The van der Waals surface area contributed by atoms with Crippen molar-refractivity contribution in [2.24, 2.45) is 0 Å². The van der Waals surface area contributed by atoms with Gasteiger partial charge in [-0.2, -0.15) is 0 Å². The maximum absolute atomic E-state index is 13.0. The molecule has 0 atom stereocenters. The van der Waals surface area contributed by atoms with Gasteiger partial charge in [0.25, 0.3) is 0 Å². The van der Waals surface area contributed by atoms with Crippen LogP contribution in [0.25, 0.3) is 0 Å². The third-order valence-electron chi connectivity index (χ3n) is 4.79. The molecule has 2 N–H and O–H groups in total. The predicted molar refractivity (Wildman–Crippen MR) is 93.0 cm³/mol. The first kappa shape index (κ1) is 16.2. The number of benzene rings is 2. The number of aliphatic carboxylic acids is 1. The van der Waals surface area contributed by atoms with Crippen molar-refractivity contribution in [1.29, 1.82) is 0 Å². The molecule has 0 spiro atoms. The summed E-state index contributed by atoms with van der Waals surface area (Å²) in [5.74, 6) is -0.835. The molecule has 24 heavy (non-hydrogen) atoms. The maximum atomic E-state index is 13.0. The van der Waals surface area contributed by atoms with Gasteiger partial charge in [-0.15, -0.1) is 0 Å². The van der Waals surface area contributed by atoms with Gasteiger partial charge < -0.3 is 10.4 Å². The highest BCUT2D eigenvalue weighted by atomic mass is 16.4. The molecule has 0 bridgehead atoms. The van der Waals surface area contributed by atoms with Crippen LogP contribution in [0.3, 0.4) is 0 Å². The molecular weight excluding hydrogens is 302 g/mol. The summed E-state index contributed by atoms with van der Waals surface area (Å²) in [7, 11) is 0. The lowest BCUT2D eigenvalue weighted by molar-refractivity contribution is -0.136. The van der Waals surface area contributed by atoms with Crippen molar-refractivity contribution in [2.45, 2.75) is 37.5 Å². The Labute approximate surface area is 141 Å². The van der Waals surface area contributed by atoms with Crippen LogP contribution in [0, 0.1) is 0 Å². The Balaban J connectivity index is 1.78. The molecule has 1 saturated carbocycles. The number of carboxylic acid groups (broad SMARTS) is 1. The zero-order chi connectivity index (χ0) is 17.0. The lowest BCUT2D eigenvalue weighted by Gasteiger charge is -2.28. The zero-order valence-electron chi connectivity index (χ0n) is 13.5. The summed E-state index contributed by atoms with van der Waals surface area (Å²) in [6, 6.07) is 17.0. The Kier molecular flexibility index (Phi) is 4.65. The number of nitrogens with one attached hydrogen (secondary N) is 1. The molecule has 0 saturated heterocycles. The molecule has 1 aliphatic rings. The van der Waals surface area contributed by atoms with Crippen LogP contribution in [0.4, 0.5) is 5.69 Å². The minimum Gasteiger partial charge on any atom is -0.481 e. The standard InChI is InChI=1S/C20H21NO3/c22-18(23)14-15-8-10-17(11-9-15)21-19(24)20(12-4-5-13-20)16-6-2-1-3-7-16/h1-3,6-11H,4-5,12-14H2,(H,21,24)(H,22,23). The molecule has 4 nitrogen and oxygen atoms in total. The van der Waals surface area contributed by atoms with Crippen molar-refractivity contribution in [2.75, 3.05) is 5.32 Å². The summed E-state index contributed by atoms with van der Waals surface area (Å²) in [6.45, 7) is 0. The van der Waals surface area contributed by atoms with Gasteiger partial charge >= 0.3 is 5.97 Å². The van der Waals surface area contributed by atoms with Crippen LogP contribution in [0.1, 0.15) is 36.8 Å². The fourth-order valence-electron chi connectivity index (χ4n) is 3.51. The molecule has 2 aromatic carbocycles. The van der Waals surface area contributed by atoms with Crippen LogP contribution in [-0.2, 0) is 21.4 Å². The lowest BCUT2D eigenvalue weighted by Crippen LogP contribution is -2.37. The van der Waals surface area contributed by atoms with E-state index in [2.05, 4.69) is 5.32 Å². The van der Waals surface area contributed by atoms with Crippen molar-refractivity contribution in [3.8, 4) is 0 Å². The van der Waals surface area contributed by atoms with Gasteiger partial charge in [0.2, 0.25) is 5.91 Å². The van der Waals surface area contributed by atoms with Gasteiger partial charge in [-0.3, -0.25) is 9.59 Å². The highest BCUT2D eigenvalue weighted by molar-refractivity contribution is 5.99. The third-order valence-corrected chi connectivity index (χ3v) is 4.79. The number of amides is 1. The largest absolute Gasteiger partial charge is 0.481 e. The SMILES string of the molecule is O=C(O)Cc1ccc(NC(=O)C2(c3ccccc3)CCCC2)cc1. The average Bonchev–Trinajstić information content (AvgIpc) is 3.08. The molecule has 1 fully saturated rings. The number of hydrogen-bond donors (Lipinski definition) is 2. The summed E-state index contributed by atoms with van der Waals surface area (Å²) in [5, 5.41) is 11.8. The van der Waals surface area contributed by atoms with Crippen molar-refractivity contribution in [3.05, 3.63) is 65.7 Å². The van der Waals surface area contributed by atoms with E-state index in [9.17, 15) is 9.59 Å². The predicted octanol–water partition coefficient (Wildman–Crippen LogP) is 3.76. The number of carbonyl (C=O) groups excluding carboxylic acids is 1. The first-order chi connectivity index (χ1) is 11.6. The number of hydrogen-bond acceptors (Lipinski definition) is 2. The Morgan fingerprint density at radius 1 is 0.958 bits per heavy atom. The van der Waals surface area contributed by atoms with Gasteiger partial charge in [-0.1, -0.05) is 55.3 Å². The number of carboxylic acids is 1. The fourth-order valence-corrected chi connectivity index (χ4v) is 3.51. The molecule has 4 heteroatoms. The summed E-state index contributed by atoms with van der Waals surface area (Å²) >= 11 is 0. The Bertz CT molecular complexity index is 716. The molecule has 0 aromatic heterocycles. The van der Waals surface area contributed by atoms with E-state index in [1.807, 2.05) is 30.3 Å². The molecule has 2 aromatic rings. The van der Waals surface area contributed by atoms with E-state index >= 15 is 0 Å². The second kappa shape index (κ2) is 6.87. The number of carbonyl (C=O) groups is 2. The minimum absolute atomic E-state index is 0.0117. The van der Waals surface area contributed by atoms with E-state index in [0.29, 0.717) is 5.69 Å². The Hall–Kier alpha value is -2.62. The zero-order valence-corrected chi connectivity index (χ0v) is 13.5. The molecular formula is C20H21NO3. The van der Waals surface area contributed by atoms with Gasteiger partial charge in [0, 0.05) is 5.69 Å². The fraction of sp³-hybridized carbons (Fsp3) is 0.300. The van der Waals surface area contributed by atoms with Gasteiger partial charge in [-0.05, 0) is 36.1 Å². The summed E-state index contributed by atoms with van der Waals surface area (Å²) in [6.07, 6.45) is 3.82. The normalized spacial score (nSPS) is 15.8. The summed E-state index contributed by atoms with van der Waals surface area (Å²) < 4.78 is 0. The van der Waals surface area contributed by atoms with Crippen LogP contribution < -0.4 is 5.32 Å². The van der Waals surface area contributed by atoms with E-state index in [-0.39, 0.29) is 12.3 Å². The minimum atomic E-state index is -0.860. The number of rotatable bonds is 5. The van der Waals surface area contributed by atoms with Crippen molar-refractivity contribution in [3.63, 3.8) is 0 Å². The van der Waals surface area contributed by atoms with E-state index < -0.39 is 11.4 Å². The lowest BCUT2D eigenvalue weighted by atomic mass is 9.78. The smallest absolute Gasteiger partial charge is 0.307 e. The average molecular weight is 323 g/mol. The van der Waals surface area contributed by atoms with Crippen LogP contribution >= 0.6 is 0 Å². The first-order valence-electron chi connectivity index (χ1n) is 8.28. The van der Waals surface area contributed by atoms with Crippen LogP contribution in [-0.4, -0.2) is 17.0 Å². The van der Waals surface area contributed by atoms with Gasteiger partial charge in [0.1, 0.15) is 0 Å². The number of anilines is 1. The van der Waals surface area contributed by atoms with Gasteiger partial charge in [0.15, 0.2) is 0 Å². The molecule has 1 aliphatic carbocycles. The van der Waals surface area contributed by atoms with Crippen molar-refractivity contribution < 1.29 is 14.7 Å². The molecule has 0 radical (unpaired) electrons. The molecule has 0 heterocycles. The monoisotopic (exact) mass is 323 g/mol. The van der Waals surface area contributed by atoms with Crippen LogP contribution in [0.5, 0.6) is 0 Å². The molecule has 3 rings (SSSR count). The maximum Gasteiger partial charge on any atom is 0.307 e. The van der Waals surface area contributed by atoms with Gasteiger partial charge in [0.05, 0.1) is 11.8 Å². The van der Waals surface area contributed by atoms with E-state index in [1.165, 1.54) is 0 Å². The third kappa shape index (κ3) is 3.32. The highest BCUT2D eigenvalue weighted by Crippen LogP contribution is 2.42.